The molecule has 1 nitrogen and oxygen atoms in total. The maximum absolute atomic E-state index is 2.37. The number of hydrogen-bond acceptors (Lipinski definition) is 0. The van der Waals surface area contributed by atoms with E-state index in [-0.39, 0.29) is 16.2 Å². The highest BCUT2D eigenvalue weighted by Gasteiger charge is 2.23. The van der Waals surface area contributed by atoms with Crippen molar-refractivity contribution in [1.29, 1.82) is 0 Å². The Balaban J connectivity index is 1.51. The Hall–Kier alpha value is -3.94. The number of nitrogens with one attached hydrogen (secondary N) is 1. The van der Waals surface area contributed by atoms with Gasteiger partial charge in [-0.3, -0.25) is 0 Å². The summed E-state index contributed by atoms with van der Waals surface area (Å²) in [4.78, 5) is 1.27. The van der Waals surface area contributed by atoms with Crippen LogP contribution in [0, 0.1) is 0 Å². The molecule has 0 bridgehead atoms. The molecule has 0 aliphatic heterocycles. The van der Waals surface area contributed by atoms with Crippen LogP contribution in [-0.2, 0) is 16.2 Å². The van der Waals surface area contributed by atoms with Crippen molar-refractivity contribution in [2.24, 2.45) is 0 Å². The monoisotopic (exact) mass is 564 g/mol. The lowest BCUT2D eigenvalue weighted by Crippen LogP contribution is -2.96. The largest absolute Gasteiger partial charge is 0.238 e. The Bertz CT molecular complexity index is 1740. The van der Waals surface area contributed by atoms with Crippen LogP contribution in [0.1, 0.15) is 79.0 Å². The van der Waals surface area contributed by atoms with E-state index in [1.165, 1.54) is 71.0 Å². The topological polar surface area (TPSA) is 4.44 Å². The molecule has 0 saturated heterocycles. The molecule has 6 rings (SSSR count). The highest BCUT2D eigenvalue weighted by Crippen LogP contribution is 2.32. The third-order valence-corrected chi connectivity index (χ3v) is 8.98. The van der Waals surface area contributed by atoms with Crippen LogP contribution >= 0.6 is 0 Å². The number of fused-ring (bicyclic) bond motifs is 3. The molecule has 0 aromatic heterocycles. The molecule has 43 heavy (non-hydrogen) atoms. The molecule has 1 heteroatoms. The molecular formula is C42H46N+. The molecule has 0 atom stereocenters. The van der Waals surface area contributed by atoms with Crippen molar-refractivity contribution in [3.05, 3.63) is 126 Å². The van der Waals surface area contributed by atoms with E-state index in [4.69, 9.17) is 0 Å². The zero-order chi connectivity index (χ0) is 30.7. The SMILES string of the molecule is CC(C)(C)c1ccc2cc([NH+](c3ccc4cc(C(C)(C)C)ccc4c3)c3ccc4cc(C(C)(C)C)ccc4c3)ccc2c1. The van der Waals surface area contributed by atoms with Crippen molar-refractivity contribution in [2.75, 3.05) is 0 Å². The predicted molar refractivity (Wildman–Crippen MR) is 188 cm³/mol. The lowest BCUT2D eigenvalue weighted by atomic mass is 9.85. The third kappa shape index (κ3) is 5.84. The maximum Gasteiger partial charge on any atom is 0.141 e. The fourth-order valence-electron chi connectivity index (χ4n) is 6.10. The van der Waals surface area contributed by atoms with Crippen LogP contribution in [0.25, 0.3) is 32.3 Å². The van der Waals surface area contributed by atoms with E-state index in [2.05, 4.69) is 172 Å². The smallest absolute Gasteiger partial charge is 0.141 e. The maximum atomic E-state index is 2.37. The van der Waals surface area contributed by atoms with E-state index in [0.717, 1.165) is 0 Å². The molecule has 0 amide bonds. The standard InChI is InChI=1S/C42H45N/c1-40(2,3)34-16-10-31-25-37(19-13-28(31)22-34)43(38-20-14-29-23-35(41(4,5)6)17-11-32(29)26-38)39-21-15-30-24-36(42(7,8)9)18-12-33(30)27-39/h10-27H,1-9H3/p+1. The van der Waals surface area contributed by atoms with Crippen molar-refractivity contribution < 1.29 is 4.90 Å². The Morgan fingerprint density at radius 2 is 0.535 bits per heavy atom. The number of hydrogen-bond donors (Lipinski definition) is 1. The van der Waals surface area contributed by atoms with Gasteiger partial charge in [-0.15, -0.1) is 0 Å². The molecule has 0 aliphatic carbocycles. The summed E-state index contributed by atoms with van der Waals surface area (Å²) in [5.74, 6) is 0. The second-order valence-corrected chi connectivity index (χ2v) is 15.5. The minimum Gasteiger partial charge on any atom is -0.238 e. The second kappa shape index (κ2) is 10.4. The predicted octanol–water partition coefficient (Wildman–Crippen LogP) is 11.2. The Morgan fingerprint density at radius 3 is 0.791 bits per heavy atom. The van der Waals surface area contributed by atoms with E-state index in [0.29, 0.717) is 0 Å². The van der Waals surface area contributed by atoms with Gasteiger partial charge in [-0.2, -0.15) is 0 Å². The molecule has 6 aromatic carbocycles. The molecule has 6 aromatic rings. The van der Waals surface area contributed by atoms with Crippen LogP contribution in [0.5, 0.6) is 0 Å². The molecule has 0 spiro atoms. The molecule has 218 valence electrons. The van der Waals surface area contributed by atoms with Crippen LogP contribution < -0.4 is 4.90 Å². The van der Waals surface area contributed by atoms with Crippen molar-refractivity contribution >= 4 is 49.4 Å². The second-order valence-electron chi connectivity index (χ2n) is 15.5. The molecule has 0 fully saturated rings. The van der Waals surface area contributed by atoms with Gasteiger partial charge < -0.3 is 0 Å². The summed E-state index contributed by atoms with van der Waals surface area (Å²) in [6, 6.07) is 41.7. The van der Waals surface area contributed by atoms with Crippen LogP contribution in [0.3, 0.4) is 0 Å². The Labute approximate surface area is 258 Å². The van der Waals surface area contributed by atoms with E-state index in [1.54, 1.807) is 0 Å². The first-order valence-corrected chi connectivity index (χ1v) is 15.7. The summed E-state index contributed by atoms with van der Waals surface area (Å²) in [5, 5.41) is 7.68. The summed E-state index contributed by atoms with van der Waals surface area (Å²) in [7, 11) is 0. The van der Waals surface area contributed by atoms with Crippen molar-refractivity contribution in [1.82, 2.24) is 0 Å². The lowest BCUT2D eigenvalue weighted by molar-refractivity contribution is -0.681. The van der Waals surface area contributed by atoms with E-state index >= 15 is 0 Å². The quantitative estimate of drug-likeness (QED) is 0.218. The van der Waals surface area contributed by atoms with E-state index in [1.807, 2.05) is 0 Å². The van der Waals surface area contributed by atoms with Crippen LogP contribution in [-0.4, -0.2) is 0 Å². The Kier molecular flexibility index (Phi) is 7.02. The minimum absolute atomic E-state index is 0.125. The van der Waals surface area contributed by atoms with Gasteiger partial charge in [0.1, 0.15) is 17.1 Å². The van der Waals surface area contributed by atoms with Gasteiger partial charge in [0.25, 0.3) is 0 Å². The van der Waals surface area contributed by atoms with Gasteiger partial charge in [-0.05, 0) is 83.5 Å². The number of benzene rings is 6. The van der Waals surface area contributed by atoms with Gasteiger partial charge in [0.15, 0.2) is 0 Å². The first kappa shape index (κ1) is 29.1. The molecule has 0 heterocycles. The summed E-state index contributed by atoms with van der Waals surface area (Å²) in [6.07, 6.45) is 0. The highest BCUT2D eigenvalue weighted by molar-refractivity contribution is 5.89. The van der Waals surface area contributed by atoms with Crippen LogP contribution in [0.4, 0.5) is 17.1 Å². The molecule has 0 radical (unpaired) electrons. The number of rotatable bonds is 3. The molecule has 1 N–H and O–H groups in total. The fraction of sp³-hybridized carbons (Fsp3) is 0.286. The van der Waals surface area contributed by atoms with Gasteiger partial charge in [-0.1, -0.05) is 117 Å². The third-order valence-electron chi connectivity index (χ3n) is 8.98. The average molecular weight is 565 g/mol. The summed E-state index contributed by atoms with van der Waals surface area (Å²) in [6.45, 7) is 20.5. The molecular weight excluding hydrogens is 518 g/mol. The fourth-order valence-corrected chi connectivity index (χ4v) is 6.10. The van der Waals surface area contributed by atoms with E-state index < -0.39 is 0 Å². The highest BCUT2D eigenvalue weighted by atomic mass is 15.1. The first-order chi connectivity index (χ1) is 20.2. The Morgan fingerprint density at radius 1 is 0.302 bits per heavy atom. The normalized spacial score (nSPS) is 13.0. The van der Waals surface area contributed by atoms with Gasteiger partial charge in [0, 0.05) is 36.4 Å². The lowest BCUT2D eigenvalue weighted by Gasteiger charge is -2.22. The molecule has 0 aliphatic rings. The molecule has 0 unspecified atom stereocenters. The first-order valence-electron chi connectivity index (χ1n) is 15.7. The average Bonchev–Trinajstić information content (AvgIpc) is 2.95. The summed E-state index contributed by atoms with van der Waals surface area (Å²) in [5.41, 5.74) is 8.20. The minimum atomic E-state index is 0.125. The zero-order valence-corrected chi connectivity index (χ0v) is 27.4. The van der Waals surface area contributed by atoms with Crippen LogP contribution in [0.15, 0.2) is 109 Å². The van der Waals surface area contributed by atoms with Gasteiger partial charge in [0.05, 0.1) is 0 Å². The van der Waals surface area contributed by atoms with Crippen molar-refractivity contribution in [3.8, 4) is 0 Å². The molecule has 0 saturated carbocycles. The summed E-state index contributed by atoms with van der Waals surface area (Å²) < 4.78 is 0. The van der Waals surface area contributed by atoms with Gasteiger partial charge >= 0.3 is 0 Å². The zero-order valence-electron chi connectivity index (χ0n) is 27.4. The number of quaternary nitrogens is 1. The summed E-state index contributed by atoms with van der Waals surface area (Å²) >= 11 is 0. The van der Waals surface area contributed by atoms with E-state index in [9.17, 15) is 0 Å². The van der Waals surface area contributed by atoms with Crippen LogP contribution in [0.2, 0.25) is 0 Å². The van der Waals surface area contributed by atoms with Crippen molar-refractivity contribution in [2.45, 2.75) is 78.6 Å². The van der Waals surface area contributed by atoms with Crippen molar-refractivity contribution in [3.63, 3.8) is 0 Å². The van der Waals surface area contributed by atoms with Gasteiger partial charge in [-0.25, -0.2) is 4.90 Å². The van der Waals surface area contributed by atoms with Gasteiger partial charge in [0.2, 0.25) is 0 Å².